The van der Waals surface area contributed by atoms with Crippen LogP contribution in [0.2, 0.25) is 0 Å². The van der Waals surface area contributed by atoms with Gasteiger partial charge in [0.2, 0.25) is 5.91 Å². The number of rotatable bonds is 7. The molecule has 1 aliphatic carbocycles. The molecule has 0 atom stereocenters. The van der Waals surface area contributed by atoms with Crippen molar-refractivity contribution >= 4 is 11.8 Å². The van der Waals surface area contributed by atoms with Gasteiger partial charge in [0.1, 0.15) is 12.0 Å². The van der Waals surface area contributed by atoms with Crippen molar-refractivity contribution in [3.63, 3.8) is 0 Å². The number of ether oxygens (including phenoxy) is 1. The first kappa shape index (κ1) is 20.2. The molecule has 2 amide bonds. The quantitative estimate of drug-likeness (QED) is 0.736. The molecule has 29 heavy (non-hydrogen) atoms. The molecule has 3 aliphatic rings. The first-order chi connectivity index (χ1) is 14.2. The van der Waals surface area contributed by atoms with Crippen molar-refractivity contribution in [1.29, 1.82) is 0 Å². The van der Waals surface area contributed by atoms with Crippen LogP contribution in [0.5, 0.6) is 0 Å². The Labute approximate surface area is 172 Å². The van der Waals surface area contributed by atoms with E-state index in [2.05, 4.69) is 25.1 Å². The second-order valence-electron chi connectivity index (χ2n) is 8.26. The summed E-state index contributed by atoms with van der Waals surface area (Å²) in [4.78, 5) is 37.1. The number of hydrogen-bond acceptors (Lipinski definition) is 6. The molecule has 4 rings (SSSR count). The first-order valence-electron chi connectivity index (χ1n) is 10.9. The molecular formula is C21H31N5O3. The van der Waals surface area contributed by atoms with Crippen molar-refractivity contribution in [2.45, 2.75) is 50.6 Å². The molecule has 0 unspecified atom stereocenters. The van der Waals surface area contributed by atoms with Gasteiger partial charge in [0.25, 0.3) is 5.91 Å². The molecule has 3 heterocycles. The molecule has 2 aliphatic heterocycles. The fourth-order valence-corrected chi connectivity index (χ4v) is 4.50. The lowest BCUT2D eigenvalue weighted by atomic mass is 9.97. The molecule has 8 heteroatoms. The molecule has 2 saturated heterocycles. The van der Waals surface area contributed by atoms with Crippen molar-refractivity contribution < 1.29 is 14.3 Å². The molecule has 158 valence electrons. The van der Waals surface area contributed by atoms with Gasteiger partial charge in [0, 0.05) is 63.6 Å². The summed E-state index contributed by atoms with van der Waals surface area (Å²) in [5, 5.41) is 2.99. The summed E-state index contributed by atoms with van der Waals surface area (Å²) in [5.41, 5.74) is 0.393. The van der Waals surface area contributed by atoms with Gasteiger partial charge < -0.3 is 15.0 Å². The molecule has 3 fully saturated rings. The van der Waals surface area contributed by atoms with E-state index in [0.29, 0.717) is 36.1 Å². The minimum atomic E-state index is -0.163. The Balaban J connectivity index is 1.31. The minimum absolute atomic E-state index is 0.163. The summed E-state index contributed by atoms with van der Waals surface area (Å²) in [5.74, 6) is 0.498. The highest BCUT2D eigenvalue weighted by molar-refractivity contribution is 5.92. The molecule has 0 spiro atoms. The zero-order valence-electron chi connectivity index (χ0n) is 17.0. The van der Waals surface area contributed by atoms with Crippen LogP contribution < -0.4 is 5.32 Å². The van der Waals surface area contributed by atoms with Crippen LogP contribution in [0.25, 0.3) is 0 Å². The second-order valence-corrected chi connectivity index (χ2v) is 8.26. The number of nitrogens with zero attached hydrogens (tertiary/aromatic N) is 4. The summed E-state index contributed by atoms with van der Waals surface area (Å²) in [6.07, 6.45) is 9.18. The zero-order chi connectivity index (χ0) is 20.1. The highest BCUT2D eigenvalue weighted by Gasteiger charge is 2.37. The average molecular weight is 402 g/mol. The Morgan fingerprint density at radius 2 is 1.83 bits per heavy atom. The molecule has 0 bridgehead atoms. The van der Waals surface area contributed by atoms with Crippen LogP contribution in [0, 0.1) is 5.92 Å². The van der Waals surface area contributed by atoms with E-state index in [0.717, 1.165) is 71.4 Å². The smallest absolute Gasteiger partial charge is 0.270 e. The van der Waals surface area contributed by atoms with Crippen molar-refractivity contribution in [3.05, 3.63) is 24.3 Å². The number of carbonyl (C=O) groups excluding carboxylic acids is 2. The third-order valence-corrected chi connectivity index (χ3v) is 6.30. The predicted molar refractivity (Wildman–Crippen MR) is 107 cm³/mol. The summed E-state index contributed by atoms with van der Waals surface area (Å²) in [7, 11) is 0. The van der Waals surface area contributed by atoms with Crippen molar-refractivity contribution in [3.8, 4) is 0 Å². The SMILES string of the molecule is O=C(NCCN(C1CCOCC1)C1CCN(C(=O)C2CC2)CC1)c1ccncn1. The molecule has 1 aromatic rings. The normalized spacial score (nSPS) is 21.3. The molecule has 0 radical (unpaired) electrons. The molecule has 8 nitrogen and oxygen atoms in total. The number of hydrogen-bond donors (Lipinski definition) is 1. The third kappa shape index (κ3) is 5.30. The highest BCUT2D eigenvalue weighted by Crippen LogP contribution is 2.32. The van der Waals surface area contributed by atoms with Gasteiger partial charge in [-0.05, 0) is 44.6 Å². The van der Waals surface area contributed by atoms with Crippen molar-refractivity contribution in [2.75, 3.05) is 39.4 Å². The summed E-state index contributed by atoms with van der Waals surface area (Å²) >= 11 is 0. The van der Waals surface area contributed by atoms with Gasteiger partial charge in [-0.2, -0.15) is 0 Å². The number of nitrogens with one attached hydrogen (secondary N) is 1. The Bertz CT molecular complexity index is 683. The monoisotopic (exact) mass is 401 g/mol. The van der Waals surface area contributed by atoms with Gasteiger partial charge in [0.15, 0.2) is 0 Å². The fraction of sp³-hybridized carbons (Fsp3) is 0.714. The maximum Gasteiger partial charge on any atom is 0.270 e. The predicted octanol–water partition coefficient (Wildman–Crippen LogP) is 1.09. The first-order valence-corrected chi connectivity index (χ1v) is 10.9. The van der Waals surface area contributed by atoms with Crippen LogP contribution in [0.3, 0.4) is 0 Å². The van der Waals surface area contributed by atoms with Crippen LogP contribution in [0.1, 0.15) is 49.0 Å². The van der Waals surface area contributed by atoms with Crippen molar-refractivity contribution in [2.24, 2.45) is 5.92 Å². The molecule has 1 N–H and O–H groups in total. The Morgan fingerprint density at radius 1 is 1.10 bits per heavy atom. The van der Waals surface area contributed by atoms with Crippen LogP contribution >= 0.6 is 0 Å². The Kier molecular flexibility index (Phi) is 6.71. The second kappa shape index (κ2) is 9.63. The molecule has 1 aromatic heterocycles. The lowest BCUT2D eigenvalue weighted by molar-refractivity contribution is -0.134. The van der Waals surface area contributed by atoms with E-state index in [-0.39, 0.29) is 5.91 Å². The molecular weight excluding hydrogens is 370 g/mol. The van der Waals surface area contributed by atoms with Crippen molar-refractivity contribution in [1.82, 2.24) is 25.1 Å². The van der Waals surface area contributed by atoms with Gasteiger partial charge in [-0.3, -0.25) is 14.5 Å². The van der Waals surface area contributed by atoms with Gasteiger partial charge in [-0.1, -0.05) is 0 Å². The number of carbonyl (C=O) groups is 2. The maximum absolute atomic E-state index is 12.4. The number of piperidine rings is 1. The molecule has 1 saturated carbocycles. The zero-order valence-corrected chi connectivity index (χ0v) is 17.0. The van der Waals surface area contributed by atoms with E-state index in [9.17, 15) is 9.59 Å². The van der Waals surface area contributed by atoms with E-state index in [1.807, 2.05) is 0 Å². The van der Waals surface area contributed by atoms with Crippen LogP contribution in [0.15, 0.2) is 18.6 Å². The van der Waals surface area contributed by atoms with E-state index in [1.54, 1.807) is 12.3 Å². The summed E-state index contributed by atoms with van der Waals surface area (Å²) in [6.45, 7) is 4.70. The topological polar surface area (TPSA) is 87.7 Å². The van der Waals surface area contributed by atoms with E-state index >= 15 is 0 Å². The number of aromatic nitrogens is 2. The van der Waals surface area contributed by atoms with E-state index < -0.39 is 0 Å². The van der Waals surface area contributed by atoms with Crippen LogP contribution in [-0.2, 0) is 9.53 Å². The summed E-state index contributed by atoms with van der Waals surface area (Å²) in [6, 6.07) is 2.56. The van der Waals surface area contributed by atoms with Crippen LogP contribution in [0.4, 0.5) is 0 Å². The van der Waals surface area contributed by atoms with E-state index in [4.69, 9.17) is 4.74 Å². The Morgan fingerprint density at radius 3 is 2.48 bits per heavy atom. The van der Waals surface area contributed by atoms with E-state index in [1.165, 1.54) is 6.33 Å². The fourth-order valence-electron chi connectivity index (χ4n) is 4.50. The number of likely N-dealkylation sites (tertiary alicyclic amines) is 1. The minimum Gasteiger partial charge on any atom is -0.381 e. The van der Waals surface area contributed by atoms with Gasteiger partial charge in [0.05, 0.1) is 0 Å². The largest absolute Gasteiger partial charge is 0.381 e. The Hall–Kier alpha value is -2.06. The van der Waals surface area contributed by atoms with Gasteiger partial charge in [-0.25, -0.2) is 9.97 Å². The summed E-state index contributed by atoms with van der Waals surface area (Å²) < 4.78 is 5.56. The standard InChI is InChI=1S/C21H31N5O3/c27-20(19-3-8-22-15-24-19)23-9-12-26(18-6-13-29-14-7-18)17-4-10-25(11-5-17)21(28)16-1-2-16/h3,8,15-18H,1-2,4-7,9-14H2,(H,23,27). The number of amides is 2. The molecule has 0 aromatic carbocycles. The maximum atomic E-state index is 12.4. The van der Waals surface area contributed by atoms with Crippen LogP contribution in [-0.4, -0.2) is 83.1 Å². The van der Waals surface area contributed by atoms with Gasteiger partial charge in [-0.15, -0.1) is 0 Å². The lowest BCUT2D eigenvalue weighted by Gasteiger charge is -2.43. The third-order valence-electron chi connectivity index (χ3n) is 6.30. The average Bonchev–Trinajstić information content (AvgIpc) is 3.63. The lowest BCUT2D eigenvalue weighted by Crippen LogP contribution is -2.53. The highest BCUT2D eigenvalue weighted by atomic mass is 16.5. The van der Waals surface area contributed by atoms with Gasteiger partial charge >= 0.3 is 0 Å².